The van der Waals surface area contributed by atoms with Gasteiger partial charge in [0.1, 0.15) is 23.7 Å². The quantitative estimate of drug-likeness (QED) is 0.158. The molecule has 0 aliphatic heterocycles. The first kappa shape index (κ1) is 28.3. The third kappa shape index (κ3) is 6.32. The van der Waals surface area contributed by atoms with Crippen LogP contribution in [-0.2, 0) is 9.54 Å². The molecule has 0 fully saturated rings. The molecular formula is C30H24F5NO2S. The molecule has 1 unspecified atom stereocenters. The zero-order valence-corrected chi connectivity index (χ0v) is 21.2. The summed E-state index contributed by atoms with van der Waals surface area (Å²) in [5.41, 5.74) is 1.51. The van der Waals surface area contributed by atoms with E-state index in [2.05, 4.69) is 5.32 Å². The summed E-state index contributed by atoms with van der Waals surface area (Å²) in [6.07, 6.45) is -5.05. The van der Waals surface area contributed by atoms with Crippen molar-refractivity contribution in [2.45, 2.75) is 23.0 Å². The molecule has 39 heavy (non-hydrogen) atoms. The summed E-state index contributed by atoms with van der Waals surface area (Å²) in [5.74, 6) is -4.32. The van der Waals surface area contributed by atoms with E-state index in [1.807, 2.05) is 91.0 Å². The van der Waals surface area contributed by atoms with Gasteiger partial charge in [0.15, 0.2) is 0 Å². The van der Waals surface area contributed by atoms with Crippen molar-refractivity contribution in [1.29, 1.82) is 0 Å². The van der Waals surface area contributed by atoms with Crippen molar-refractivity contribution in [2.24, 2.45) is 0 Å². The number of halogens is 5. The van der Waals surface area contributed by atoms with Gasteiger partial charge in [0.05, 0.1) is 4.75 Å². The summed E-state index contributed by atoms with van der Waals surface area (Å²) in [6, 6.07) is 25.1. The van der Waals surface area contributed by atoms with Crippen LogP contribution in [0.3, 0.4) is 0 Å². The molecule has 202 valence electrons. The molecule has 0 bridgehead atoms. The summed E-state index contributed by atoms with van der Waals surface area (Å²) in [5, 5.41) is 12.0. The van der Waals surface area contributed by atoms with Crippen LogP contribution in [0.5, 0.6) is 0 Å². The Hall–Kier alpha value is -3.69. The number of nitrogens with one attached hydrogen (secondary N) is 1. The molecule has 3 nitrogen and oxygen atoms in total. The van der Waals surface area contributed by atoms with Crippen LogP contribution in [0.15, 0.2) is 109 Å². The average Bonchev–Trinajstić information content (AvgIpc) is 2.92. The first-order chi connectivity index (χ1) is 18.6. The Bertz CT molecular complexity index is 1290. The van der Waals surface area contributed by atoms with E-state index in [0.29, 0.717) is 18.2 Å². The van der Waals surface area contributed by atoms with Crippen LogP contribution in [-0.4, -0.2) is 29.0 Å². The zero-order valence-electron chi connectivity index (χ0n) is 20.4. The van der Waals surface area contributed by atoms with E-state index in [1.54, 1.807) is 0 Å². The van der Waals surface area contributed by atoms with Gasteiger partial charge in [0.25, 0.3) is 0 Å². The van der Waals surface area contributed by atoms with Crippen LogP contribution in [0.1, 0.15) is 28.3 Å². The van der Waals surface area contributed by atoms with Gasteiger partial charge in [-0.05, 0) is 22.8 Å². The van der Waals surface area contributed by atoms with Gasteiger partial charge in [0.2, 0.25) is 0 Å². The lowest BCUT2D eigenvalue weighted by Gasteiger charge is -2.36. The third-order valence-corrected chi connectivity index (χ3v) is 7.91. The third-order valence-electron chi connectivity index (χ3n) is 6.27. The standard InChI is InChI=1S/C30H24F5NO2S/c31-23-16-17-24(25(32)18-23)27(30(33,34)35)36-26(28(37)38)19-39-29(20-10-4-1-5-11-20,21-12-6-2-7-13-21)22-14-8-3-9-15-22/h1-18,26-27,36H,19H2,(H,37,38)/t26-,27?/m0/s1. The first-order valence-electron chi connectivity index (χ1n) is 11.9. The molecule has 4 aromatic carbocycles. The smallest absolute Gasteiger partial charge is 0.408 e. The molecule has 0 aliphatic rings. The topological polar surface area (TPSA) is 49.3 Å². The van der Waals surface area contributed by atoms with E-state index < -0.39 is 46.2 Å². The van der Waals surface area contributed by atoms with Crippen molar-refractivity contribution in [3.8, 4) is 0 Å². The van der Waals surface area contributed by atoms with Crippen molar-refractivity contribution in [1.82, 2.24) is 5.32 Å². The van der Waals surface area contributed by atoms with Crippen LogP contribution in [0.4, 0.5) is 22.0 Å². The Balaban J connectivity index is 1.77. The second kappa shape index (κ2) is 12.0. The lowest BCUT2D eigenvalue weighted by Crippen LogP contribution is -2.47. The fourth-order valence-corrected chi connectivity index (χ4v) is 6.03. The molecule has 0 saturated heterocycles. The monoisotopic (exact) mass is 557 g/mol. The van der Waals surface area contributed by atoms with Crippen molar-refractivity contribution in [3.05, 3.63) is 143 Å². The fraction of sp³-hybridized carbons (Fsp3) is 0.167. The molecule has 2 atom stereocenters. The maximum Gasteiger partial charge on any atom is 0.408 e. The molecule has 0 saturated carbocycles. The summed E-state index contributed by atoms with van der Waals surface area (Å²) in [7, 11) is 0. The van der Waals surface area contributed by atoms with Crippen LogP contribution in [0, 0.1) is 11.6 Å². The summed E-state index contributed by atoms with van der Waals surface area (Å²) in [4.78, 5) is 12.3. The highest BCUT2D eigenvalue weighted by Gasteiger charge is 2.45. The number of benzene rings is 4. The zero-order chi connectivity index (χ0) is 28.0. The number of aliphatic carboxylic acids is 1. The van der Waals surface area contributed by atoms with Gasteiger partial charge in [-0.15, -0.1) is 11.8 Å². The first-order valence-corrected chi connectivity index (χ1v) is 12.9. The van der Waals surface area contributed by atoms with Crippen LogP contribution >= 0.6 is 11.8 Å². The van der Waals surface area contributed by atoms with E-state index in [1.165, 1.54) is 0 Å². The van der Waals surface area contributed by atoms with E-state index >= 15 is 0 Å². The lowest BCUT2D eigenvalue weighted by atomic mass is 9.84. The SMILES string of the molecule is O=C(O)[C@H](CSC(c1ccccc1)(c1ccccc1)c1ccccc1)NC(c1ccc(F)cc1F)C(F)(F)F. The largest absolute Gasteiger partial charge is 0.480 e. The predicted molar refractivity (Wildman–Crippen MR) is 141 cm³/mol. The Labute approximate surface area is 226 Å². The summed E-state index contributed by atoms with van der Waals surface area (Å²) in [6.45, 7) is 0. The van der Waals surface area contributed by atoms with Gasteiger partial charge in [-0.2, -0.15) is 13.2 Å². The lowest BCUT2D eigenvalue weighted by molar-refractivity contribution is -0.163. The van der Waals surface area contributed by atoms with Crippen molar-refractivity contribution >= 4 is 17.7 Å². The molecule has 9 heteroatoms. The molecule has 0 radical (unpaired) electrons. The molecule has 2 N–H and O–H groups in total. The second-order valence-corrected chi connectivity index (χ2v) is 10.0. The summed E-state index contributed by atoms with van der Waals surface area (Å²) < 4.78 is 69.0. The Kier molecular flexibility index (Phi) is 8.72. The van der Waals surface area contributed by atoms with Crippen LogP contribution in [0.25, 0.3) is 0 Å². The number of carboxylic acid groups (broad SMARTS) is 1. The molecule has 0 amide bonds. The van der Waals surface area contributed by atoms with E-state index in [4.69, 9.17) is 0 Å². The van der Waals surface area contributed by atoms with Gasteiger partial charge >= 0.3 is 12.1 Å². The van der Waals surface area contributed by atoms with Gasteiger partial charge < -0.3 is 5.11 Å². The Morgan fingerprint density at radius 3 is 1.62 bits per heavy atom. The fourth-order valence-electron chi connectivity index (χ4n) is 4.47. The Morgan fingerprint density at radius 1 is 0.769 bits per heavy atom. The number of carbonyl (C=O) groups is 1. The average molecular weight is 558 g/mol. The number of hydrogen-bond acceptors (Lipinski definition) is 3. The van der Waals surface area contributed by atoms with Crippen molar-refractivity contribution in [3.63, 3.8) is 0 Å². The molecule has 0 spiro atoms. The second-order valence-electron chi connectivity index (χ2n) is 8.79. The van der Waals surface area contributed by atoms with Crippen molar-refractivity contribution < 1.29 is 31.9 Å². The summed E-state index contributed by atoms with van der Waals surface area (Å²) >= 11 is 1.15. The maximum atomic E-state index is 14.4. The molecular weight excluding hydrogens is 533 g/mol. The highest BCUT2D eigenvalue weighted by molar-refractivity contribution is 8.00. The minimum absolute atomic E-state index is 0.316. The maximum absolute atomic E-state index is 14.4. The normalized spacial score (nSPS) is 13.6. The molecule has 4 rings (SSSR count). The minimum Gasteiger partial charge on any atom is -0.480 e. The number of carboxylic acids is 1. The number of thioether (sulfide) groups is 1. The highest BCUT2D eigenvalue weighted by atomic mass is 32.2. The van der Waals surface area contributed by atoms with E-state index in [9.17, 15) is 31.9 Å². The van der Waals surface area contributed by atoms with E-state index in [0.717, 1.165) is 28.5 Å². The Morgan fingerprint density at radius 2 is 1.23 bits per heavy atom. The molecule has 4 aromatic rings. The van der Waals surface area contributed by atoms with Crippen LogP contribution < -0.4 is 5.32 Å². The number of hydrogen-bond donors (Lipinski definition) is 2. The van der Waals surface area contributed by atoms with E-state index in [-0.39, 0.29) is 5.75 Å². The van der Waals surface area contributed by atoms with Gasteiger partial charge in [-0.3, -0.25) is 10.1 Å². The van der Waals surface area contributed by atoms with Gasteiger partial charge in [-0.1, -0.05) is 97.1 Å². The van der Waals surface area contributed by atoms with Gasteiger partial charge in [0, 0.05) is 17.4 Å². The molecule has 0 heterocycles. The minimum atomic E-state index is -5.05. The number of alkyl halides is 3. The highest BCUT2D eigenvalue weighted by Crippen LogP contribution is 2.49. The van der Waals surface area contributed by atoms with Gasteiger partial charge in [-0.25, -0.2) is 8.78 Å². The predicted octanol–water partition coefficient (Wildman–Crippen LogP) is 7.34. The molecule has 0 aromatic heterocycles. The molecule has 0 aliphatic carbocycles. The number of rotatable bonds is 10. The van der Waals surface area contributed by atoms with Crippen molar-refractivity contribution in [2.75, 3.05) is 5.75 Å². The van der Waals surface area contributed by atoms with Crippen LogP contribution in [0.2, 0.25) is 0 Å².